The van der Waals surface area contributed by atoms with Gasteiger partial charge in [0.05, 0.1) is 24.0 Å². The summed E-state index contributed by atoms with van der Waals surface area (Å²) < 4.78 is 1.78. The molecule has 1 aromatic heterocycles. The van der Waals surface area contributed by atoms with Crippen LogP contribution in [0.5, 0.6) is 0 Å². The molecule has 0 radical (unpaired) electrons. The maximum absolute atomic E-state index is 9.76. The van der Waals surface area contributed by atoms with Crippen LogP contribution in [0.2, 0.25) is 0 Å². The van der Waals surface area contributed by atoms with Crippen molar-refractivity contribution in [1.29, 1.82) is 0 Å². The lowest BCUT2D eigenvalue weighted by atomic mass is 9.99. The van der Waals surface area contributed by atoms with E-state index in [0.29, 0.717) is 0 Å². The fourth-order valence-corrected chi connectivity index (χ4v) is 2.41. The van der Waals surface area contributed by atoms with Crippen molar-refractivity contribution in [3.05, 3.63) is 30.5 Å². The number of aliphatic hydroxyl groups is 1. The molecule has 2 unspecified atom stereocenters. The number of aliphatic hydroxyl groups excluding tert-OH is 1. The highest BCUT2D eigenvalue weighted by Gasteiger charge is 2.27. The molecule has 27 heavy (non-hydrogen) atoms. The van der Waals surface area contributed by atoms with Gasteiger partial charge in [-0.2, -0.15) is 0 Å². The van der Waals surface area contributed by atoms with Gasteiger partial charge in [0, 0.05) is 17.8 Å². The second kappa shape index (κ2) is 11.3. The molecule has 2 atom stereocenters. The number of nitrogen functional groups attached to an aromatic ring is 1. The SMILES string of the molecule is CCC(C)(CO)n1nncc1-c1ccc(N)cc1.CCC(C)CCNC=O. The number of hydrogen-bond acceptors (Lipinski definition) is 5. The molecule has 0 spiro atoms. The molecule has 2 rings (SSSR count). The average Bonchev–Trinajstić information content (AvgIpc) is 3.19. The Morgan fingerprint density at radius 2 is 2.00 bits per heavy atom. The molecule has 2 aromatic rings. The first-order chi connectivity index (χ1) is 12.9. The van der Waals surface area contributed by atoms with Crippen molar-refractivity contribution in [2.75, 3.05) is 18.9 Å². The number of rotatable bonds is 9. The minimum Gasteiger partial charge on any atom is -0.399 e. The molecule has 0 aliphatic rings. The highest BCUT2D eigenvalue weighted by molar-refractivity contribution is 5.61. The van der Waals surface area contributed by atoms with E-state index in [0.717, 1.165) is 48.7 Å². The normalized spacial score (nSPS) is 13.8. The predicted octanol–water partition coefficient (Wildman–Crippen LogP) is 2.81. The molecule has 4 N–H and O–H groups in total. The van der Waals surface area contributed by atoms with Crippen LogP contribution in [0.3, 0.4) is 0 Å². The van der Waals surface area contributed by atoms with Crippen molar-refractivity contribution in [1.82, 2.24) is 20.3 Å². The van der Waals surface area contributed by atoms with Crippen molar-refractivity contribution in [3.8, 4) is 11.3 Å². The first kappa shape index (κ1) is 22.6. The molecule has 1 aromatic carbocycles. The van der Waals surface area contributed by atoms with E-state index in [1.807, 2.05) is 38.1 Å². The minimum absolute atomic E-state index is 0.0227. The van der Waals surface area contributed by atoms with Crippen molar-refractivity contribution in [2.24, 2.45) is 5.92 Å². The van der Waals surface area contributed by atoms with Crippen LogP contribution >= 0.6 is 0 Å². The van der Waals surface area contributed by atoms with Crippen LogP contribution in [-0.2, 0) is 10.3 Å². The third kappa shape index (κ3) is 6.67. The van der Waals surface area contributed by atoms with Gasteiger partial charge in [0.15, 0.2) is 0 Å². The van der Waals surface area contributed by atoms with E-state index >= 15 is 0 Å². The Morgan fingerprint density at radius 1 is 1.33 bits per heavy atom. The lowest BCUT2D eigenvalue weighted by Gasteiger charge is -2.27. The Morgan fingerprint density at radius 3 is 2.52 bits per heavy atom. The quantitative estimate of drug-likeness (QED) is 0.355. The third-order valence-electron chi connectivity index (χ3n) is 4.93. The first-order valence-corrected chi connectivity index (χ1v) is 9.46. The summed E-state index contributed by atoms with van der Waals surface area (Å²) in [5, 5.41) is 20.3. The summed E-state index contributed by atoms with van der Waals surface area (Å²) in [6.07, 6.45) is 5.52. The summed E-state index contributed by atoms with van der Waals surface area (Å²) in [6.45, 7) is 9.17. The van der Waals surface area contributed by atoms with E-state index in [1.54, 1.807) is 10.9 Å². The van der Waals surface area contributed by atoms with Crippen LogP contribution in [0.4, 0.5) is 5.69 Å². The third-order valence-corrected chi connectivity index (χ3v) is 4.93. The van der Waals surface area contributed by atoms with Gasteiger partial charge >= 0.3 is 0 Å². The molecule has 7 heteroatoms. The van der Waals surface area contributed by atoms with Crippen molar-refractivity contribution >= 4 is 12.1 Å². The van der Waals surface area contributed by atoms with E-state index in [9.17, 15) is 9.90 Å². The standard InChI is InChI=1S/C13H18N4O.C7H15NO/c1-3-13(2,9-18)17-12(8-15-16-17)10-4-6-11(14)7-5-10;1-3-7(2)4-5-8-6-9/h4-8,18H,3,9,14H2,1-2H3;6-7H,3-5H2,1-2H3,(H,8,9). The second-order valence-electron chi connectivity index (χ2n) is 7.04. The highest BCUT2D eigenvalue weighted by Crippen LogP contribution is 2.27. The molecule has 0 saturated heterocycles. The molecule has 7 nitrogen and oxygen atoms in total. The molecule has 0 bridgehead atoms. The minimum atomic E-state index is -0.437. The monoisotopic (exact) mass is 375 g/mol. The second-order valence-corrected chi connectivity index (χ2v) is 7.04. The average molecular weight is 376 g/mol. The Bertz CT molecular complexity index is 665. The summed E-state index contributed by atoms with van der Waals surface area (Å²) in [5.41, 5.74) is 7.83. The number of hydrogen-bond donors (Lipinski definition) is 3. The van der Waals surface area contributed by atoms with Gasteiger partial charge in [-0.25, -0.2) is 4.68 Å². The van der Waals surface area contributed by atoms with Gasteiger partial charge in [-0.05, 0) is 37.8 Å². The zero-order chi connectivity index (χ0) is 20.3. The van der Waals surface area contributed by atoms with Crippen LogP contribution in [0.1, 0.15) is 47.0 Å². The number of aromatic nitrogens is 3. The number of carbonyl (C=O) groups excluding carboxylic acids is 1. The van der Waals surface area contributed by atoms with Crippen LogP contribution in [0.25, 0.3) is 11.3 Å². The Hall–Kier alpha value is -2.41. The number of nitrogens with one attached hydrogen (secondary N) is 1. The number of amides is 1. The Kier molecular flexibility index (Phi) is 9.50. The number of anilines is 1. The largest absolute Gasteiger partial charge is 0.399 e. The molecular formula is C20H33N5O2. The summed E-state index contributed by atoms with van der Waals surface area (Å²) >= 11 is 0. The summed E-state index contributed by atoms with van der Waals surface area (Å²) in [5.74, 6) is 0.734. The van der Waals surface area contributed by atoms with Crippen LogP contribution < -0.4 is 11.1 Å². The molecule has 0 aliphatic carbocycles. The molecule has 150 valence electrons. The van der Waals surface area contributed by atoms with Gasteiger partial charge in [-0.15, -0.1) is 5.10 Å². The molecule has 1 heterocycles. The van der Waals surface area contributed by atoms with E-state index in [1.165, 1.54) is 6.42 Å². The maximum atomic E-state index is 9.76. The van der Waals surface area contributed by atoms with Gasteiger partial charge in [-0.1, -0.05) is 44.5 Å². The van der Waals surface area contributed by atoms with Crippen molar-refractivity contribution < 1.29 is 9.90 Å². The maximum Gasteiger partial charge on any atom is 0.207 e. The lowest BCUT2D eigenvalue weighted by molar-refractivity contribution is -0.109. The van der Waals surface area contributed by atoms with E-state index in [2.05, 4.69) is 29.5 Å². The van der Waals surface area contributed by atoms with E-state index in [4.69, 9.17) is 5.73 Å². The van der Waals surface area contributed by atoms with Crippen LogP contribution in [0.15, 0.2) is 30.5 Å². The van der Waals surface area contributed by atoms with Crippen molar-refractivity contribution in [2.45, 2.75) is 52.5 Å². The van der Waals surface area contributed by atoms with Crippen LogP contribution in [-0.4, -0.2) is 39.7 Å². The lowest BCUT2D eigenvalue weighted by Crippen LogP contribution is -2.35. The summed E-state index contributed by atoms with van der Waals surface area (Å²) in [7, 11) is 0. The zero-order valence-electron chi connectivity index (χ0n) is 16.9. The summed E-state index contributed by atoms with van der Waals surface area (Å²) in [4.78, 5) is 9.76. The topological polar surface area (TPSA) is 106 Å². The molecule has 0 fully saturated rings. The Balaban J connectivity index is 0.000000345. The van der Waals surface area contributed by atoms with Gasteiger partial charge in [-0.3, -0.25) is 4.79 Å². The molecule has 0 saturated carbocycles. The van der Waals surface area contributed by atoms with Gasteiger partial charge in [0.1, 0.15) is 0 Å². The van der Waals surface area contributed by atoms with Crippen molar-refractivity contribution in [3.63, 3.8) is 0 Å². The number of nitrogens with zero attached hydrogens (tertiary/aromatic N) is 3. The van der Waals surface area contributed by atoms with Gasteiger partial charge in [0.2, 0.25) is 6.41 Å². The summed E-state index contributed by atoms with van der Waals surface area (Å²) in [6, 6.07) is 7.54. The number of benzene rings is 1. The number of nitrogens with two attached hydrogens (primary N) is 1. The Labute approximate surface area is 162 Å². The first-order valence-electron chi connectivity index (χ1n) is 9.46. The van der Waals surface area contributed by atoms with Gasteiger partial charge in [0.25, 0.3) is 0 Å². The fraction of sp³-hybridized carbons (Fsp3) is 0.550. The predicted molar refractivity (Wildman–Crippen MR) is 109 cm³/mol. The number of carbonyl (C=O) groups is 1. The van der Waals surface area contributed by atoms with Crippen LogP contribution in [0, 0.1) is 5.92 Å². The highest BCUT2D eigenvalue weighted by atomic mass is 16.3. The smallest absolute Gasteiger partial charge is 0.207 e. The molecule has 1 amide bonds. The molecule has 0 aliphatic heterocycles. The fourth-order valence-electron chi connectivity index (χ4n) is 2.41. The zero-order valence-corrected chi connectivity index (χ0v) is 16.9. The van der Waals surface area contributed by atoms with E-state index in [-0.39, 0.29) is 6.61 Å². The van der Waals surface area contributed by atoms with E-state index < -0.39 is 5.54 Å². The van der Waals surface area contributed by atoms with Gasteiger partial charge < -0.3 is 16.2 Å². The molecular weight excluding hydrogens is 342 g/mol.